The van der Waals surface area contributed by atoms with Crippen LogP contribution in [0, 0.1) is 5.92 Å². The number of aliphatic carboxylic acids is 1. The summed E-state index contributed by atoms with van der Waals surface area (Å²) >= 11 is 0. The van der Waals surface area contributed by atoms with E-state index in [0.717, 1.165) is 25.7 Å². The Hall–Kier alpha value is -1.32. The smallest absolute Gasteiger partial charge is 0.309 e. The summed E-state index contributed by atoms with van der Waals surface area (Å²) < 4.78 is 5.41. The molecule has 1 unspecified atom stereocenters. The summed E-state index contributed by atoms with van der Waals surface area (Å²) in [7, 11) is 0. The molecule has 0 aromatic rings. The van der Waals surface area contributed by atoms with Gasteiger partial charge in [0.05, 0.1) is 12.5 Å². The standard InChI is InChI=1S/C36H68O4/c1-3-5-7-9-11-13-15-17-18-19-20-21-23-25-27-29-31-34(33-35(37)38)36(39)40-32-30-28-26-24-22-16-14-12-10-8-6-4-2/h27,29,34H,3-26,28,30-33H2,1-2H3,(H,37,38)/p-1. The highest BCUT2D eigenvalue weighted by molar-refractivity contribution is 5.78. The highest BCUT2D eigenvalue weighted by Gasteiger charge is 2.19. The predicted octanol–water partition coefficient (Wildman–Crippen LogP) is 10.4. The van der Waals surface area contributed by atoms with Crippen molar-refractivity contribution >= 4 is 11.9 Å². The third-order valence-corrected chi connectivity index (χ3v) is 8.05. The number of unbranched alkanes of at least 4 members (excludes halogenated alkanes) is 24. The Kier molecular flexibility index (Phi) is 31.1. The molecule has 0 spiro atoms. The van der Waals surface area contributed by atoms with E-state index in [1.165, 1.54) is 141 Å². The number of hydrogen-bond donors (Lipinski definition) is 0. The summed E-state index contributed by atoms with van der Waals surface area (Å²) in [6.07, 6.45) is 37.9. The largest absolute Gasteiger partial charge is 0.550 e. The minimum absolute atomic E-state index is 0.264. The number of carboxylic acid groups (broad SMARTS) is 1. The summed E-state index contributed by atoms with van der Waals surface area (Å²) in [6.45, 7) is 4.92. The summed E-state index contributed by atoms with van der Waals surface area (Å²) in [5, 5.41) is 11.1. The number of allylic oxidation sites excluding steroid dienone is 2. The molecule has 0 heterocycles. The molecule has 0 aromatic heterocycles. The maximum atomic E-state index is 12.4. The van der Waals surface area contributed by atoms with E-state index < -0.39 is 17.9 Å². The van der Waals surface area contributed by atoms with Gasteiger partial charge >= 0.3 is 5.97 Å². The summed E-state index contributed by atoms with van der Waals surface area (Å²) in [5.41, 5.74) is 0. The zero-order chi connectivity index (χ0) is 29.4. The second-order valence-corrected chi connectivity index (χ2v) is 12.1. The molecule has 0 aliphatic rings. The van der Waals surface area contributed by atoms with Crippen LogP contribution in [0.1, 0.15) is 194 Å². The summed E-state index contributed by atoms with van der Waals surface area (Å²) in [4.78, 5) is 23.6. The third-order valence-electron chi connectivity index (χ3n) is 8.05. The maximum absolute atomic E-state index is 12.4. The Balaban J connectivity index is 3.71. The number of rotatable bonds is 32. The Morgan fingerprint density at radius 1 is 0.550 bits per heavy atom. The van der Waals surface area contributed by atoms with Crippen LogP contribution < -0.4 is 5.11 Å². The fraction of sp³-hybridized carbons (Fsp3) is 0.889. The Bertz CT molecular complexity index is 571. The van der Waals surface area contributed by atoms with Gasteiger partial charge in [0.2, 0.25) is 0 Å². The van der Waals surface area contributed by atoms with Gasteiger partial charge in [0.1, 0.15) is 0 Å². The van der Waals surface area contributed by atoms with Gasteiger partial charge in [0.15, 0.2) is 0 Å². The van der Waals surface area contributed by atoms with Crippen molar-refractivity contribution in [2.45, 2.75) is 194 Å². The van der Waals surface area contributed by atoms with Gasteiger partial charge in [-0.15, -0.1) is 0 Å². The number of hydrogen-bond acceptors (Lipinski definition) is 4. The Labute approximate surface area is 249 Å². The van der Waals surface area contributed by atoms with Crippen LogP contribution >= 0.6 is 0 Å². The number of ether oxygens (including phenoxy) is 1. The van der Waals surface area contributed by atoms with Gasteiger partial charge in [-0.3, -0.25) is 4.79 Å². The van der Waals surface area contributed by atoms with Gasteiger partial charge in [-0.05, 0) is 25.7 Å². The van der Waals surface area contributed by atoms with E-state index in [1.54, 1.807) is 0 Å². The quantitative estimate of drug-likeness (QED) is 0.0464. The van der Waals surface area contributed by atoms with Gasteiger partial charge in [-0.25, -0.2) is 0 Å². The minimum atomic E-state index is -1.18. The molecule has 0 bridgehead atoms. The van der Waals surface area contributed by atoms with E-state index in [4.69, 9.17) is 4.74 Å². The molecule has 4 nitrogen and oxygen atoms in total. The van der Waals surface area contributed by atoms with E-state index in [9.17, 15) is 14.7 Å². The Morgan fingerprint density at radius 3 is 1.32 bits per heavy atom. The normalized spacial score (nSPS) is 12.2. The maximum Gasteiger partial charge on any atom is 0.309 e. The monoisotopic (exact) mass is 564 g/mol. The molecule has 0 fully saturated rings. The molecule has 0 amide bonds. The van der Waals surface area contributed by atoms with Crippen LogP contribution in [0.3, 0.4) is 0 Å². The first-order chi connectivity index (χ1) is 19.6. The first-order valence-corrected chi connectivity index (χ1v) is 17.6. The topological polar surface area (TPSA) is 66.4 Å². The molecule has 0 rings (SSSR count). The minimum Gasteiger partial charge on any atom is -0.550 e. The lowest BCUT2D eigenvalue weighted by Gasteiger charge is -2.15. The highest BCUT2D eigenvalue weighted by Crippen LogP contribution is 2.16. The molecular formula is C36H67O4-. The van der Waals surface area contributed by atoms with Crippen LogP contribution in [-0.2, 0) is 14.3 Å². The van der Waals surface area contributed by atoms with Gasteiger partial charge in [-0.2, -0.15) is 0 Å². The molecule has 0 aliphatic heterocycles. The summed E-state index contributed by atoms with van der Waals surface area (Å²) in [6, 6.07) is 0. The lowest BCUT2D eigenvalue weighted by atomic mass is 10.0. The first-order valence-electron chi connectivity index (χ1n) is 17.6. The second-order valence-electron chi connectivity index (χ2n) is 12.1. The third kappa shape index (κ3) is 29.7. The van der Waals surface area contributed by atoms with Crippen LogP contribution in [0.2, 0.25) is 0 Å². The fourth-order valence-electron chi connectivity index (χ4n) is 5.36. The van der Waals surface area contributed by atoms with E-state index in [1.807, 2.05) is 6.08 Å². The number of carboxylic acids is 1. The lowest BCUT2D eigenvalue weighted by molar-refractivity contribution is -0.306. The zero-order valence-corrected chi connectivity index (χ0v) is 26.9. The van der Waals surface area contributed by atoms with Crippen LogP contribution in [-0.4, -0.2) is 18.5 Å². The molecule has 236 valence electrons. The van der Waals surface area contributed by atoms with Crippen molar-refractivity contribution in [1.82, 2.24) is 0 Å². The van der Waals surface area contributed by atoms with Crippen molar-refractivity contribution in [2.24, 2.45) is 5.92 Å². The van der Waals surface area contributed by atoms with Gasteiger partial charge in [0, 0.05) is 12.4 Å². The molecule has 4 heteroatoms. The van der Waals surface area contributed by atoms with Gasteiger partial charge in [-0.1, -0.05) is 174 Å². The lowest BCUT2D eigenvalue weighted by Crippen LogP contribution is -2.29. The first kappa shape index (κ1) is 38.7. The van der Waals surface area contributed by atoms with Crippen LogP contribution in [0.15, 0.2) is 12.2 Å². The molecular weight excluding hydrogens is 496 g/mol. The average Bonchev–Trinajstić information content (AvgIpc) is 2.94. The molecule has 0 N–H and O–H groups in total. The van der Waals surface area contributed by atoms with Crippen LogP contribution in [0.4, 0.5) is 0 Å². The molecule has 40 heavy (non-hydrogen) atoms. The molecule has 0 saturated carbocycles. The fourth-order valence-corrected chi connectivity index (χ4v) is 5.36. The Morgan fingerprint density at radius 2 is 0.925 bits per heavy atom. The molecule has 0 aliphatic carbocycles. The number of carbonyl (C=O) groups excluding carboxylic acids is 2. The van der Waals surface area contributed by atoms with Crippen molar-refractivity contribution in [2.75, 3.05) is 6.61 Å². The number of esters is 1. The SMILES string of the molecule is CCCCCCCCCCCCCCCC=CCC(CC(=O)[O-])C(=O)OCCCCCCCCCCCCCC. The van der Waals surface area contributed by atoms with Crippen molar-refractivity contribution < 1.29 is 19.4 Å². The van der Waals surface area contributed by atoms with Crippen LogP contribution in [0.5, 0.6) is 0 Å². The van der Waals surface area contributed by atoms with E-state index >= 15 is 0 Å². The zero-order valence-electron chi connectivity index (χ0n) is 26.9. The van der Waals surface area contributed by atoms with E-state index in [-0.39, 0.29) is 6.42 Å². The van der Waals surface area contributed by atoms with E-state index in [0.29, 0.717) is 13.0 Å². The molecule has 0 radical (unpaired) electrons. The molecule has 0 aromatic carbocycles. The van der Waals surface area contributed by atoms with Crippen molar-refractivity contribution in [3.63, 3.8) is 0 Å². The second kappa shape index (κ2) is 32.2. The van der Waals surface area contributed by atoms with Gasteiger partial charge in [0.25, 0.3) is 0 Å². The van der Waals surface area contributed by atoms with Gasteiger partial charge < -0.3 is 14.6 Å². The summed E-state index contributed by atoms with van der Waals surface area (Å²) in [5.74, 6) is -2.21. The van der Waals surface area contributed by atoms with E-state index in [2.05, 4.69) is 19.9 Å². The average molecular weight is 564 g/mol. The number of carbonyl (C=O) groups is 2. The molecule has 1 atom stereocenters. The van der Waals surface area contributed by atoms with Crippen LogP contribution in [0.25, 0.3) is 0 Å². The van der Waals surface area contributed by atoms with Crippen molar-refractivity contribution in [3.8, 4) is 0 Å². The van der Waals surface area contributed by atoms with Crippen molar-refractivity contribution in [3.05, 3.63) is 12.2 Å². The van der Waals surface area contributed by atoms with Crippen molar-refractivity contribution in [1.29, 1.82) is 0 Å². The highest BCUT2D eigenvalue weighted by atomic mass is 16.5. The molecule has 0 saturated heterocycles. The predicted molar refractivity (Wildman–Crippen MR) is 169 cm³/mol.